The summed E-state index contributed by atoms with van der Waals surface area (Å²) >= 11 is 1.68. The molecular formula is C16H18N2O3S. The third kappa shape index (κ3) is 3.33. The Morgan fingerprint density at radius 1 is 1.27 bits per heavy atom. The second-order valence-corrected chi connectivity index (χ2v) is 5.97. The van der Waals surface area contributed by atoms with Crippen LogP contribution >= 0.6 is 11.3 Å². The molecule has 0 unspecified atom stereocenters. The maximum absolute atomic E-state index is 11.8. The summed E-state index contributed by atoms with van der Waals surface area (Å²) in [6.45, 7) is 2.11. The van der Waals surface area contributed by atoms with Gasteiger partial charge in [-0.1, -0.05) is 6.07 Å². The SMILES string of the molecule is CNC(=O)CN(Cc1cccs1)c1ccc2c(c1)OCCO2. The Balaban J connectivity index is 1.85. The first-order chi connectivity index (χ1) is 10.8. The second-order valence-electron chi connectivity index (χ2n) is 4.94. The van der Waals surface area contributed by atoms with Gasteiger partial charge >= 0.3 is 0 Å². The van der Waals surface area contributed by atoms with Gasteiger partial charge in [-0.15, -0.1) is 11.3 Å². The van der Waals surface area contributed by atoms with E-state index in [-0.39, 0.29) is 5.91 Å². The smallest absolute Gasteiger partial charge is 0.239 e. The van der Waals surface area contributed by atoms with E-state index in [0.717, 1.165) is 17.2 Å². The summed E-state index contributed by atoms with van der Waals surface area (Å²) in [5, 5.41) is 4.71. The van der Waals surface area contributed by atoms with Gasteiger partial charge in [0.1, 0.15) is 13.2 Å². The van der Waals surface area contributed by atoms with Crippen molar-refractivity contribution in [2.45, 2.75) is 6.54 Å². The van der Waals surface area contributed by atoms with Crippen molar-refractivity contribution < 1.29 is 14.3 Å². The van der Waals surface area contributed by atoms with Crippen molar-refractivity contribution in [1.29, 1.82) is 0 Å². The lowest BCUT2D eigenvalue weighted by atomic mass is 10.2. The number of hydrogen-bond donors (Lipinski definition) is 1. The van der Waals surface area contributed by atoms with Gasteiger partial charge in [0, 0.05) is 23.7 Å². The van der Waals surface area contributed by atoms with Crippen molar-refractivity contribution in [3.8, 4) is 11.5 Å². The maximum Gasteiger partial charge on any atom is 0.239 e. The Morgan fingerprint density at radius 3 is 2.82 bits per heavy atom. The molecule has 1 aliphatic heterocycles. The summed E-state index contributed by atoms with van der Waals surface area (Å²) in [7, 11) is 1.65. The number of ether oxygens (including phenoxy) is 2. The van der Waals surface area contributed by atoms with Crippen LogP contribution in [-0.4, -0.2) is 32.7 Å². The van der Waals surface area contributed by atoms with Gasteiger partial charge in [0.05, 0.1) is 13.1 Å². The van der Waals surface area contributed by atoms with Crippen LogP contribution in [0.15, 0.2) is 35.7 Å². The second kappa shape index (κ2) is 6.70. The predicted molar refractivity (Wildman–Crippen MR) is 86.9 cm³/mol. The maximum atomic E-state index is 11.8. The molecule has 1 aliphatic rings. The number of amides is 1. The topological polar surface area (TPSA) is 50.8 Å². The van der Waals surface area contributed by atoms with Gasteiger partial charge < -0.3 is 19.7 Å². The van der Waals surface area contributed by atoms with Crippen LogP contribution in [0.4, 0.5) is 5.69 Å². The molecule has 5 nitrogen and oxygen atoms in total. The number of carbonyl (C=O) groups is 1. The summed E-state index contributed by atoms with van der Waals surface area (Å²) in [5.74, 6) is 1.47. The lowest BCUT2D eigenvalue weighted by Crippen LogP contribution is -2.35. The van der Waals surface area contributed by atoms with Crippen LogP contribution in [0, 0.1) is 0 Å². The largest absolute Gasteiger partial charge is 0.486 e. The van der Waals surface area contributed by atoms with Crippen molar-refractivity contribution in [2.24, 2.45) is 0 Å². The van der Waals surface area contributed by atoms with E-state index in [1.807, 2.05) is 34.5 Å². The highest BCUT2D eigenvalue weighted by Gasteiger charge is 2.17. The molecule has 0 spiro atoms. The summed E-state index contributed by atoms with van der Waals surface area (Å²) in [6.07, 6.45) is 0. The molecular weight excluding hydrogens is 300 g/mol. The molecule has 0 aliphatic carbocycles. The van der Waals surface area contributed by atoms with Crippen molar-refractivity contribution in [2.75, 3.05) is 31.7 Å². The van der Waals surface area contributed by atoms with Crippen LogP contribution in [0.5, 0.6) is 11.5 Å². The van der Waals surface area contributed by atoms with Gasteiger partial charge in [-0.25, -0.2) is 0 Å². The molecule has 0 bridgehead atoms. The van der Waals surface area contributed by atoms with Crippen molar-refractivity contribution >= 4 is 22.9 Å². The fraction of sp³-hybridized carbons (Fsp3) is 0.312. The van der Waals surface area contributed by atoms with E-state index in [9.17, 15) is 4.79 Å². The van der Waals surface area contributed by atoms with E-state index in [4.69, 9.17) is 9.47 Å². The van der Waals surface area contributed by atoms with E-state index >= 15 is 0 Å². The monoisotopic (exact) mass is 318 g/mol. The van der Waals surface area contributed by atoms with Gasteiger partial charge in [-0.05, 0) is 23.6 Å². The average molecular weight is 318 g/mol. The Hall–Kier alpha value is -2.21. The fourth-order valence-electron chi connectivity index (χ4n) is 2.31. The summed E-state index contributed by atoms with van der Waals surface area (Å²) in [5.41, 5.74) is 0.946. The number of likely N-dealkylation sites (N-methyl/N-ethyl adjacent to an activating group) is 1. The minimum absolute atomic E-state index is 0.0218. The molecule has 0 radical (unpaired) electrons. The van der Waals surface area contributed by atoms with Crippen LogP contribution in [0.25, 0.3) is 0 Å². The number of nitrogens with zero attached hydrogens (tertiary/aromatic N) is 1. The van der Waals surface area contributed by atoms with Gasteiger partial charge in [-0.3, -0.25) is 4.79 Å². The first kappa shape index (κ1) is 14.7. The van der Waals surface area contributed by atoms with E-state index in [2.05, 4.69) is 11.4 Å². The number of carbonyl (C=O) groups excluding carboxylic acids is 1. The van der Waals surface area contributed by atoms with Crippen LogP contribution in [-0.2, 0) is 11.3 Å². The van der Waals surface area contributed by atoms with Gasteiger partial charge in [0.25, 0.3) is 0 Å². The molecule has 0 fully saturated rings. The molecule has 2 heterocycles. The number of hydrogen-bond acceptors (Lipinski definition) is 5. The van der Waals surface area contributed by atoms with Crippen molar-refractivity contribution in [3.05, 3.63) is 40.6 Å². The Bertz CT molecular complexity index is 643. The molecule has 1 N–H and O–H groups in total. The Kier molecular flexibility index (Phi) is 4.48. The molecule has 22 heavy (non-hydrogen) atoms. The first-order valence-electron chi connectivity index (χ1n) is 7.14. The third-order valence-electron chi connectivity index (χ3n) is 3.43. The van der Waals surface area contributed by atoms with Gasteiger partial charge in [-0.2, -0.15) is 0 Å². The van der Waals surface area contributed by atoms with Crippen LogP contribution in [0.3, 0.4) is 0 Å². The number of benzene rings is 1. The number of anilines is 1. The average Bonchev–Trinajstić information content (AvgIpc) is 3.06. The quantitative estimate of drug-likeness (QED) is 0.919. The molecule has 3 rings (SSSR count). The first-order valence-corrected chi connectivity index (χ1v) is 8.02. The van der Waals surface area contributed by atoms with Crippen LogP contribution < -0.4 is 19.7 Å². The minimum atomic E-state index is -0.0218. The zero-order valence-corrected chi connectivity index (χ0v) is 13.2. The fourth-order valence-corrected chi connectivity index (χ4v) is 3.03. The Morgan fingerprint density at radius 2 is 2.09 bits per heavy atom. The summed E-state index contributed by atoms with van der Waals surface area (Å²) in [4.78, 5) is 15.0. The van der Waals surface area contributed by atoms with E-state index in [1.54, 1.807) is 18.4 Å². The molecule has 1 amide bonds. The molecule has 1 aromatic heterocycles. The molecule has 0 atom stereocenters. The molecule has 1 aromatic carbocycles. The zero-order valence-electron chi connectivity index (χ0n) is 12.4. The van der Waals surface area contributed by atoms with E-state index < -0.39 is 0 Å². The molecule has 0 saturated carbocycles. The highest BCUT2D eigenvalue weighted by atomic mass is 32.1. The number of thiophene rings is 1. The van der Waals surface area contributed by atoms with Gasteiger partial charge in [0.2, 0.25) is 5.91 Å². The van der Waals surface area contributed by atoms with Crippen LogP contribution in [0.1, 0.15) is 4.88 Å². The van der Waals surface area contributed by atoms with Gasteiger partial charge in [0.15, 0.2) is 11.5 Å². The lowest BCUT2D eigenvalue weighted by molar-refractivity contribution is -0.119. The standard InChI is InChI=1S/C16H18N2O3S/c1-17-16(19)11-18(10-13-3-2-8-22-13)12-4-5-14-15(9-12)21-7-6-20-14/h2-5,8-9H,6-7,10-11H2,1H3,(H,17,19). The third-order valence-corrected chi connectivity index (χ3v) is 4.29. The number of nitrogens with one attached hydrogen (secondary N) is 1. The molecule has 6 heteroatoms. The lowest BCUT2D eigenvalue weighted by Gasteiger charge is -2.26. The zero-order chi connectivity index (χ0) is 15.4. The number of rotatable bonds is 5. The molecule has 116 valence electrons. The summed E-state index contributed by atoms with van der Waals surface area (Å²) < 4.78 is 11.2. The highest BCUT2D eigenvalue weighted by molar-refractivity contribution is 7.09. The Labute approximate surface area is 133 Å². The number of fused-ring (bicyclic) bond motifs is 1. The van der Waals surface area contributed by atoms with Crippen LogP contribution in [0.2, 0.25) is 0 Å². The van der Waals surface area contributed by atoms with Crippen molar-refractivity contribution in [3.63, 3.8) is 0 Å². The molecule has 0 saturated heterocycles. The highest BCUT2D eigenvalue weighted by Crippen LogP contribution is 2.34. The minimum Gasteiger partial charge on any atom is -0.486 e. The summed E-state index contributed by atoms with van der Waals surface area (Å²) in [6, 6.07) is 9.88. The predicted octanol–water partition coefficient (Wildman–Crippen LogP) is 2.27. The van der Waals surface area contributed by atoms with Crippen molar-refractivity contribution in [1.82, 2.24) is 5.32 Å². The van der Waals surface area contributed by atoms with E-state index in [1.165, 1.54) is 4.88 Å². The van der Waals surface area contributed by atoms with E-state index in [0.29, 0.717) is 26.3 Å². The normalized spacial score (nSPS) is 12.8. The molecule has 2 aromatic rings.